The molecular weight excluding hydrogens is 262 g/mol. The molecule has 21 heavy (non-hydrogen) atoms. The van der Waals surface area contributed by atoms with Crippen LogP contribution < -0.4 is 10.6 Å². The van der Waals surface area contributed by atoms with Crippen molar-refractivity contribution in [2.75, 3.05) is 10.6 Å². The average molecular weight is 279 g/mol. The number of nitrogen functional groups attached to an aromatic ring is 1. The summed E-state index contributed by atoms with van der Waals surface area (Å²) in [5.74, 6) is 0.988. The Labute approximate surface area is 123 Å². The molecule has 3 aromatic rings. The van der Waals surface area contributed by atoms with Gasteiger partial charge in [-0.15, -0.1) is 0 Å². The van der Waals surface area contributed by atoms with Crippen molar-refractivity contribution in [3.8, 4) is 0 Å². The summed E-state index contributed by atoms with van der Waals surface area (Å²) < 4.78 is 5.52. The van der Waals surface area contributed by atoms with Crippen LogP contribution in [0.15, 0.2) is 53.3 Å². The molecule has 0 radical (unpaired) electrons. The lowest BCUT2D eigenvalue weighted by atomic mass is 10.1. The fourth-order valence-corrected chi connectivity index (χ4v) is 2.77. The summed E-state index contributed by atoms with van der Waals surface area (Å²) in [6, 6.07) is 12.6. The summed E-state index contributed by atoms with van der Waals surface area (Å²) in [5, 5.41) is 1.14. The smallest absolute Gasteiger partial charge is 0.123 e. The predicted octanol–water partition coefficient (Wildman–Crippen LogP) is 3.58. The zero-order chi connectivity index (χ0) is 14.2. The fraction of sp³-hybridized carbons (Fsp3) is 0.235. The zero-order valence-corrected chi connectivity index (χ0v) is 11.7. The Balaban J connectivity index is 1.78. The SMILES string of the molecule is Nc1ccc2c(N(Cc3ccco3)C3CC3)ccnc2c1. The number of hydrogen-bond donors (Lipinski definition) is 1. The van der Waals surface area contributed by atoms with E-state index in [-0.39, 0.29) is 0 Å². The minimum atomic E-state index is 0.596. The lowest BCUT2D eigenvalue weighted by Crippen LogP contribution is -2.25. The first-order valence-corrected chi connectivity index (χ1v) is 7.24. The molecule has 1 saturated carbocycles. The minimum Gasteiger partial charge on any atom is -0.467 e. The van der Waals surface area contributed by atoms with Crippen molar-refractivity contribution in [3.63, 3.8) is 0 Å². The van der Waals surface area contributed by atoms with Crippen LogP contribution in [0.2, 0.25) is 0 Å². The molecule has 0 unspecified atom stereocenters. The second-order valence-electron chi connectivity index (χ2n) is 5.55. The second kappa shape index (κ2) is 4.81. The van der Waals surface area contributed by atoms with Crippen molar-refractivity contribution in [1.82, 2.24) is 4.98 Å². The Morgan fingerprint density at radius 3 is 2.90 bits per heavy atom. The molecule has 1 fully saturated rings. The molecule has 4 nitrogen and oxygen atoms in total. The van der Waals surface area contributed by atoms with E-state index in [0.29, 0.717) is 6.04 Å². The van der Waals surface area contributed by atoms with Gasteiger partial charge in [-0.3, -0.25) is 4.98 Å². The quantitative estimate of drug-likeness (QED) is 0.742. The summed E-state index contributed by atoms with van der Waals surface area (Å²) in [6.45, 7) is 0.793. The maximum absolute atomic E-state index is 5.86. The molecule has 2 N–H and O–H groups in total. The topological polar surface area (TPSA) is 55.3 Å². The number of hydrogen-bond acceptors (Lipinski definition) is 4. The molecule has 0 saturated heterocycles. The molecule has 2 heterocycles. The van der Waals surface area contributed by atoms with Crippen LogP contribution in [0.3, 0.4) is 0 Å². The van der Waals surface area contributed by atoms with E-state index in [1.54, 1.807) is 6.26 Å². The number of nitrogens with zero attached hydrogens (tertiary/aromatic N) is 2. The molecule has 0 amide bonds. The van der Waals surface area contributed by atoms with Gasteiger partial charge in [0, 0.05) is 29.0 Å². The van der Waals surface area contributed by atoms with E-state index >= 15 is 0 Å². The molecule has 0 spiro atoms. The first-order valence-electron chi connectivity index (χ1n) is 7.24. The van der Waals surface area contributed by atoms with Crippen LogP contribution >= 0.6 is 0 Å². The number of pyridine rings is 1. The lowest BCUT2D eigenvalue weighted by molar-refractivity contribution is 0.501. The van der Waals surface area contributed by atoms with Gasteiger partial charge in [0.1, 0.15) is 5.76 Å². The summed E-state index contributed by atoms with van der Waals surface area (Å²) in [7, 11) is 0. The maximum atomic E-state index is 5.86. The van der Waals surface area contributed by atoms with E-state index in [1.807, 2.05) is 30.5 Å². The number of rotatable bonds is 4. The zero-order valence-electron chi connectivity index (χ0n) is 11.7. The van der Waals surface area contributed by atoms with E-state index in [1.165, 1.54) is 18.5 Å². The number of nitrogens with two attached hydrogens (primary N) is 1. The predicted molar refractivity (Wildman–Crippen MR) is 84.1 cm³/mol. The molecule has 2 aromatic heterocycles. The van der Waals surface area contributed by atoms with Gasteiger partial charge in [-0.25, -0.2) is 0 Å². The monoisotopic (exact) mass is 279 g/mol. The number of aromatic nitrogens is 1. The minimum absolute atomic E-state index is 0.596. The Morgan fingerprint density at radius 1 is 1.24 bits per heavy atom. The molecule has 0 aliphatic heterocycles. The molecule has 4 heteroatoms. The highest BCUT2D eigenvalue weighted by molar-refractivity contribution is 5.93. The van der Waals surface area contributed by atoms with Crippen LogP contribution in [-0.2, 0) is 6.54 Å². The molecule has 106 valence electrons. The van der Waals surface area contributed by atoms with E-state index < -0.39 is 0 Å². The standard InChI is InChI=1S/C17H17N3O/c18-12-3-6-15-16(10-12)19-8-7-17(15)20(13-4-5-13)11-14-2-1-9-21-14/h1-3,6-10,13H,4-5,11,18H2. The number of furan rings is 1. The molecule has 0 atom stereocenters. The summed E-state index contributed by atoms with van der Waals surface area (Å²) >= 11 is 0. The molecule has 1 aliphatic rings. The third-order valence-electron chi connectivity index (χ3n) is 3.95. The van der Waals surface area contributed by atoms with Crippen molar-refractivity contribution >= 4 is 22.3 Å². The normalized spacial score (nSPS) is 14.5. The molecule has 1 aliphatic carbocycles. The van der Waals surface area contributed by atoms with Crippen LogP contribution in [-0.4, -0.2) is 11.0 Å². The van der Waals surface area contributed by atoms with Gasteiger partial charge in [-0.2, -0.15) is 0 Å². The summed E-state index contributed by atoms with van der Waals surface area (Å²) in [6.07, 6.45) is 6.05. The van der Waals surface area contributed by atoms with Gasteiger partial charge in [0.05, 0.1) is 18.3 Å². The summed E-state index contributed by atoms with van der Waals surface area (Å²) in [5.41, 5.74) is 8.76. The fourth-order valence-electron chi connectivity index (χ4n) is 2.77. The largest absolute Gasteiger partial charge is 0.467 e. The number of anilines is 2. The highest BCUT2D eigenvalue weighted by Gasteiger charge is 2.30. The number of fused-ring (bicyclic) bond motifs is 1. The van der Waals surface area contributed by atoms with Crippen molar-refractivity contribution < 1.29 is 4.42 Å². The highest BCUT2D eigenvalue weighted by atomic mass is 16.3. The highest BCUT2D eigenvalue weighted by Crippen LogP contribution is 2.36. The molecule has 4 rings (SSSR count). The Bertz CT molecular complexity index is 763. The van der Waals surface area contributed by atoms with Gasteiger partial charge in [-0.1, -0.05) is 0 Å². The van der Waals surface area contributed by atoms with Gasteiger partial charge < -0.3 is 15.1 Å². The van der Waals surface area contributed by atoms with Crippen molar-refractivity contribution in [3.05, 3.63) is 54.6 Å². The maximum Gasteiger partial charge on any atom is 0.123 e. The Kier molecular flexibility index (Phi) is 2.81. The summed E-state index contributed by atoms with van der Waals surface area (Å²) in [4.78, 5) is 6.85. The van der Waals surface area contributed by atoms with Crippen molar-refractivity contribution in [1.29, 1.82) is 0 Å². The first kappa shape index (κ1) is 12.3. The van der Waals surface area contributed by atoms with Gasteiger partial charge in [0.2, 0.25) is 0 Å². The molecular formula is C17H17N3O. The van der Waals surface area contributed by atoms with Gasteiger partial charge in [0.25, 0.3) is 0 Å². The Hall–Kier alpha value is -2.49. The first-order chi connectivity index (χ1) is 10.3. The van der Waals surface area contributed by atoms with Crippen molar-refractivity contribution in [2.24, 2.45) is 0 Å². The van der Waals surface area contributed by atoms with Crippen LogP contribution in [0.25, 0.3) is 10.9 Å². The van der Waals surface area contributed by atoms with E-state index in [0.717, 1.165) is 28.9 Å². The van der Waals surface area contributed by atoms with Gasteiger partial charge in [0.15, 0.2) is 0 Å². The van der Waals surface area contributed by atoms with E-state index in [4.69, 9.17) is 10.2 Å². The van der Waals surface area contributed by atoms with Crippen LogP contribution in [0, 0.1) is 0 Å². The van der Waals surface area contributed by atoms with Gasteiger partial charge in [-0.05, 0) is 49.2 Å². The van der Waals surface area contributed by atoms with Crippen LogP contribution in [0.4, 0.5) is 11.4 Å². The average Bonchev–Trinajstić information content (AvgIpc) is 3.21. The molecule has 0 bridgehead atoms. The van der Waals surface area contributed by atoms with Crippen LogP contribution in [0.1, 0.15) is 18.6 Å². The lowest BCUT2D eigenvalue weighted by Gasteiger charge is -2.25. The second-order valence-corrected chi connectivity index (χ2v) is 5.55. The van der Waals surface area contributed by atoms with Crippen LogP contribution in [0.5, 0.6) is 0 Å². The Morgan fingerprint density at radius 2 is 2.14 bits per heavy atom. The van der Waals surface area contributed by atoms with Gasteiger partial charge >= 0.3 is 0 Å². The van der Waals surface area contributed by atoms with E-state index in [9.17, 15) is 0 Å². The van der Waals surface area contributed by atoms with Crippen molar-refractivity contribution in [2.45, 2.75) is 25.4 Å². The molecule has 1 aromatic carbocycles. The third-order valence-corrected chi connectivity index (χ3v) is 3.95. The third kappa shape index (κ3) is 2.33. The number of benzene rings is 1. The van der Waals surface area contributed by atoms with E-state index in [2.05, 4.69) is 22.0 Å².